The number of hydrogen-bond acceptors (Lipinski definition) is 3. The number of nitrogen functional groups attached to an aromatic ring is 1. The molecule has 0 radical (unpaired) electrons. The van der Waals surface area contributed by atoms with Crippen LogP contribution in [0.3, 0.4) is 0 Å². The summed E-state index contributed by atoms with van der Waals surface area (Å²) in [6, 6.07) is 6.47. The van der Waals surface area contributed by atoms with Gasteiger partial charge >= 0.3 is 0 Å². The fourth-order valence-corrected chi connectivity index (χ4v) is 1.54. The number of hydrogen-bond donors (Lipinski definition) is 3. The second-order valence-electron chi connectivity index (χ2n) is 3.88. The predicted octanol–water partition coefficient (Wildman–Crippen LogP) is 2.50. The van der Waals surface area contributed by atoms with Gasteiger partial charge < -0.3 is 16.2 Å². The van der Waals surface area contributed by atoms with Gasteiger partial charge in [0.2, 0.25) is 0 Å². The monoisotopic (exact) mass is 264 g/mol. The van der Waals surface area contributed by atoms with Gasteiger partial charge in [-0.3, -0.25) is 4.79 Å². The van der Waals surface area contributed by atoms with Crippen LogP contribution in [0.5, 0.6) is 5.75 Å². The molecule has 4 nitrogen and oxygen atoms in total. The van der Waals surface area contributed by atoms with Crippen LogP contribution in [0.15, 0.2) is 36.4 Å². The van der Waals surface area contributed by atoms with Gasteiger partial charge in [-0.1, -0.05) is 0 Å². The largest absolute Gasteiger partial charge is 0.508 e. The lowest BCUT2D eigenvalue weighted by atomic mass is 10.2. The third-order valence-corrected chi connectivity index (χ3v) is 2.41. The van der Waals surface area contributed by atoms with Crippen LogP contribution < -0.4 is 11.1 Å². The number of phenols is 1. The van der Waals surface area contributed by atoms with Crippen molar-refractivity contribution in [3.63, 3.8) is 0 Å². The molecule has 0 saturated heterocycles. The van der Waals surface area contributed by atoms with E-state index in [1.165, 1.54) is 18.2 Å². The molecular formula is C13H10F2N2O2. The maximum atomic E-state index is 13.0. The lowest BCUT2D eigenvalue weighted by Gasteiger charge is -2.08. The van der Waals surface area contributed by atoms with Crippen molar-refractivity contribution >= 4 is 17.3 Å². The van der Waals surface area contributed by atoms with Gasteiger partial charge in [0, 0.05) is 17.7 Å². The summed E-state index contributed by atoms with van der Waals surface area (Å²) in [5, 5.41) is 11.6. The molecule has 19 heavy (non-hydrogen) atoms. The van der Waals surface area contributed by atoms with Gasteiger partial charge in [0.05, 0.1) is 11.4 Å². The van der Waals surface area contributed by atoms with E-state index < -0.39 is 17.5 Å². The van der Waals surface area contributed by atoms with Crippen molar-refractivity contribution < 1.29 is 18.7 Å². The zero-order chi connectivity index (χ0) is 14.0. The highest BCUT2D eigenvalue weighted by Gasteiger charge is 2.11. The Morgan fingerprint density at radius 3 is 2.32 bits per heavy atom. The molecule has 0 saturated carbocycles. The Kier molecular flexibility index (Phi) is 3.33. The number of anilines is 2. The fraction of sp³-hybridized carbons (Fsp3) is 0. The topological polar surface area (TPSA) is 75.3 Å². The number of amides is 1. The highest BCUT2D eigenvalue weighted by Crippen LogP contribution is 2.23. The number of rotatable bonds is 2. The summed E-state index contributed by atoms with van der Waals surface area (Å²) in [7, 11) is 0. The molecule has 2 aromatic carbocycles. The molecule has 0 spiro atoms. The number of halogens is 2. The highest BCUT2D eigenvalue weighted by atomic mass is 19.1. The van der Waals surface area contributed by atoms with Gasteiger partial charge in [-0.25, -0.2) is 8.78 Å². The second-order valence-corrected chi connectivity index (χ2v) is 3.88. The number of phenolic OH excluding ortho intramolecular Hbond substituents is 1. The maximum absolute atomic E-state index is 13.0. The van der Waals surface area contributed by atoms with E-state index in [9.17, 15) is 13.6 Å². The van der Waals surface area contributed by atoms with Crippen molar-refractivity contribution in [1.29, 1.82) is 0 Å². The van der Waals surface area contributed by atoms with Crippen LogP contribution in [0.4, 0.5) is 20.2 Å². The van der Waals surface area contributed by atoms with Crippen LogP contribution in [-0.4, -0.2) is 11.0 Å². The molecule has 0 aliphatic rings. The molecule has 0 unspecified atom stereocenters. The first kappa shape index (κ1) is 12.8. The van der Waals surface area contributed by atoms with Crippen molar-refractivity contribution in [2.24, 2.45) is 0 Å². The zero-order valence-corrected chi connectivity index (χ0v) is 9.65. The van der Waals surface area contributed by atoms with Crippen LogP contribution in [0, 0.1) is 11.6 Å². The smallest absolute Gasteiger partial charge is 0.255 e. The molecule has 0 fully saturated rings. The van der Waals surface area contributed by atoms with Crippen molar-refractivity contribution in [3.05, 3.63) is 53.6 Å². The third kappa shape index (κ3) is 2.98. The summed E-state index contributed by atoms with van der Waals surface area (Å²) in [6.45, 7) is 0. The Morgan fingerprint density at radius 1 is 1.11 bits per heavy atom. The van der Waals surface area contributed by atoms with Gasteiger partial charge in [0.25, 0.3) is 5.91 Å². The van der Waals surface area contributed by atoms with E-state index in [2.05, 4.69) is 5.32 Å². The number of nitrogens with two attached hydrogens (primary N) is 1. The zero-order valence-electron chi connectivity index (χ0n) is 9.65. The van der Waals surface area contributed by atoms with E-state index in [1.807, 2.05) is 0 Å². The van der Waals surface area contributed by atoms with Crippen LogP contribution in [0.1, 0.15) is 10.4 Å². The number of benzene rings is 2. The summed E-state index contributed by atoms with van der Waals surface area (Å²) < 4.78 is 26.0. The minimum absolute atomic E-state index is 0.0488. The van der Waals surface area contributed by atoms with E-state index in [4.69, 9.17) is 10.8 Å². The Hall–Kier alpha value is -2.63. The molecule has 98 valence electrons. The first-order valence-electron chi connectivity index (χ1n) is 5.31. The quantitative estimate of drug-likeness (QED) is 0.576. The SMILES string of the molecule is Nc1cc(O)ccc1NC(=O)c1cc(F)cc(F)c1. The normalized spacial score (nSPS) is 10.2. The van der Waals surface area contributed by atoms with E-state index in [-0.39, 0.29) is 22.7 Å². The molecule has 4 N–H and O–H groups in total. The van der Waals surface area contributed by atoms with E-state index >= 15 is 0 Å². The average Bonchev–Trinajstić information content (AvgIpc) is 2.31. The van der Waals surface area contributed by atoms with Crippen LogP contribution >= 0.6 is 0 Å². The summed E-state index contributed by atoms with van der Waals surface area (Å²) in [6.07, 6.45) is 0. The summed E-state index contributed by atoms with van der Waals surface area (Å²) in [5.74, 6) is -2.43. The number of carbonyl (C=O) groups excluding carboxylic acids is 1. The molecule has 0 heterocycles. The molecular weight excluding hydrogens is 254 g/mol. The number of aromatic hydroxyl groups is 1. The molecule has 0 aromatic heterocycles. The van der Waals surface area contributed by atoms with Crippen molar-refractivity contribution in [2.75, 3.05) is 11.1 Å². The number of carbonyl (C=O) groups is 1. The van der Waals surface area contributed by atoms with Gasteiger partial charge in [0.1, 0.15) is 17.4 Å². The summed E-state index contributed by atoms with van der Waals surface area (Å²) >= 11 is 0. The number of nitrogens with one attached hydrogen (secondary N) is 1. The summed E-state index contributed by atoms with van der Waals surface area (Å²) in [4.78, 5) is 11.8. The minimum atomic E-state index is -0.844. The minimum Gasteiger partial charge on any atom is -0.508 e. The Balaban J connectivity index is 2.25. The lowest BCUT2D eigenvalue weighted by molar-refractivity contribution is 0.102. The molecule has 0 atom stereocenters. The van der Waals surface area contributed by atoms with Crippen molar-refractivity contribution in [1.82, 2.24) is 0 Å². The van der Waals surface area contributed by atoms with E-state index in [0.29, 0.717) is 6.07 Å². The lowest BCUT2D eigenvalue weighted by Crippen LogP contribution is -2.13. The summed E-state index contributed by atoms with van der Waals surface area (Å²) in [5.41, 5.74) is 5.81. The van der Waals surface area contributed by atoms with Gasteiger partial charge in [-0.15, -0.1) is 0 Å². The first-order chi connectivity index (χ1) is 8.95. The maximum Gasteiger partial charge on any atom is 0.255 e. The molecule has 6 heteroatoms. The molecule has 0 bridgehead atoms. The predicted molar refractivity (Wildman–Crippen MR) is 66.8 cm³/mol. The Bertz CT molecular complexity index is 624. The average molecular weight is 264 g/mol. The van der Waals surface area contributed by atoms with Crippen molar-refractivity contribution in [3.8, 4) is 5.75 Å². The highest BCUT2D eigenvalue weighted by molar-refractivity contribution is 6.05. The molecule has 1 amide bonds. The fourth-order valence-electron chi connectivity index (χ4n) is 1.54. The molecule has 0 aliphatic carbocycles. The van der Waals surface area contributed by atoms with Crippen molar-refractivity contribution in [2.45, 2.75) is 0 Å². The molecule has 0 aliphatic heterocycles. The molecule has 2 aromatic rings. The van der Waals surface area contributed by atoms with Gasteiger partial charge in [-0.2, -0.15) is 0 Å². The van der Waals surface area contributed by atoms with E-state index in [0.717, 1.165) is 12.1 Å². The van der Waals surface area contributed by atoms with Crippen LogP contribution in [-0.2, 0) is 0 Å². The standard InChI is InChI=1S/C13H10F2N2O2/c14-8-3-7(4-9(15)5-8)13(19)17-12-2-1-10(18)6-11(12)16/h1-6,18H,16H2,(H,17,19). The second kappa shape index (κ2) is 4.93. The third-order valence-electron chi connectivity index (χ3n) is 2.41. The van der Waals surface area contributed by atoms with Gasteiger partial charge in [0.15, 0.2) is 0 Å². The van der Waals surface area contributed by atoms with E-state index in [1.54, 1.807) is 0 Å². The first-order valence-corrected chi connectivity index (χ1v) is 5.31. The Morgan fingerprint density at radius 2 is 1.74 bits per heavy atom. The molecule has 2 rings (SSSR count). The van der Waals surface area contributed by atoms with Crippen LogP contribution in [0.2, 0.25) is 0 Å². The van der Waals surface area contributed by atoms with Crippen LogP contribution in [0.25, 0.3) is 0 Å². The van der Waals surface area contributed by atoms with Gasteiger partial charge in [-0.05, 0) is 24.3 Å². The Labute approximate surface area is 107 Å².